The number of urea groups is 1. The van der Waals surface area contributed by atoms with Gasteiger partial charge in [0.2, 0.25) is 15.9 Å². The maximum atomic E-state index is 12.5. The Kier molecular flexibility index (Phi) is 5.29. The third-order valence-electron chi connectivity index (χ3n) is 3.72. The van der Waals surface area contributed by atoms with Crippen LogP contribution in [0.25, 0.3) is 0 Å². The third kappa shape index (κ3) is 4.03. The monoisotopic (exact) mass is 341 g/mol. The minimum Gasteiger partial charge on any atom is -0.351 e. The number of amides is 3. The van der Waals surface area contributed by atoms with Crippen molar-refractivity contribution in [2.75, 3.05) is 26.2 Å². The lowest BCUT2D eigenvalue weighted by atomic mass is 10.2. The van der Waals surface area contributed by atoms with Crippen molar-refractivity contribution in [1.82, 2.24) is 19.5 Å². The average molecular weight is 341 g/mol. The number of nitrogens with one attached hydrogen (secondary N) is 1. The summed E-state index contributed by atoms with van der Waals surface area (Å²) >= 11 is 0. The highest BCUT2D eigenvalue weighted by atomic mass is 32.2. The van der Waals surface area contributed by atoms with Crippen LogP contribution in [0, 0.1) is 0 Å². The van der Waals surface area contributed by atoms with Crippen molar-refractivity contribution in [2.24, 2.45) is 5.73 Å². The Labute approximate surface area is 134 Å². The zero-order chi connectivity index (χ0) is 17.0. The molecule has 1 saturated heterocycles. The molecule has 1 fully saturated rings. The number of hydrogen-bond donors (Lipinski definition) is 2. The Morgan fingerprint density at radius 1 is 1.30 bits per heavy atom. The van der Waals surface area contributed by atoms with Gasteiger partial charge in [-0.2, -0.15) is 4.31 Å². The van der Waals surface area contributed by atoms with Crippen LogP contribution in [0.2, 0.25) is 0 Å². The quantitative estimate of drug-likeness (QED) is 0.721. The molecule has 0 aliphatic carbocycles. The molecule has 126 valence electrons. The van der Waals surface area contributed by atoms with Crippen LogP contribution in [-0.2, 0) is 14.8 Å². The number of aromatic nitrogens is 1. The van der Waals surface area contributed by atoms with E-state index >= 15 is 0 Å². The van der Waals surface area contributed by atoms with Crippen molar-refractivity contribution in [2.45, 2.75) is 17.9 Å². The first kappa shape index (κ1) is 17.3. The highest BCUT2D eigenvalue weighted by Crippen LogP contribution is 2.17. The lowest BCUT2D eigenvalue weighted by molar-refractivity contribution is -0.125. The second-order valence-electron chi connectivity index (χ2n) is 5.16. The SMILES string of the molecule is CC(C(=O)NC(N)=O)N1CCN(S(=O)(=O)c2cccnc2)CC1. The minimum absolute atomic E-state index is 0.146. The van der Waals surface area contributed by atoms with Gasteiger partial charge in [-0.25, -0.2) is 13.2 Å². The maximum absolute atomic E-state index is 12.5. The molecule has 1 aliphatic heterocycles. The largest absolute Gasteiger partial charge is 0.351 e. The molecule has 9 nitrogen and oxygen atoms in total. The van der Waals surface area contributed by atoms with Crippen molar-refractivity contribution in [3.8, 4) is 0 Å². The van der Waals surface area contributed by atoms with Crippen molar-refractivity contribution in [3.05, 3.63) is 24.5 Å². The molecule has 1 atom stereocenters. The standard InChI is InChI=1S/C13H19N5O4S/c1-10(12(19)16-13(14)20)17-5-7-18(8-6-17)23(21,22)11-3-2-4-15-9-11/h2-4,9-10H,5-8H2,1H3,(H3,14,16,19,20). The van der Waals surface area contributed by atoms with E-state index in [2.05, 4.69) is 4.98 Å². The maximum Gasteiger partial charge on any atom is 0.318 e. The molecule has 0 radical (unpaired) electrons. The van der Waals surface area contributed by atoms with E-state index < -0.39 is 28.0 Å². The van der Waals surface area contributed by atoms with Crippen molar-refractivity contribution in [3.63, 3.8) is 0 Å². The smallest absolute Gasteiger partial charge is 0.318 e. The number of carbonyl (C=O) groups excluding carboxylic acids is 2. The van der Waals surface area contributed by atoms with Crippen LogP contribution in [0.15, 0.2) is 29.4 Å². The van der Waals surface area contributed by atoms with E-state index in [1.807, 2.05) is 5.32 Å². The highest BCUT2D eigenvalue weighted by Gasteiger charge is 2.32. The van der Waals surface area contributed by atoms with E-state index in [0.717, 1.165) is 0 Å². The number of rotatable bonds is 4. The zero-order valence-electron chi connectivity index (χ0n) is 12.7. The molecular formula is C13H19N5O4S. The van der Waals surface area contributed by atoms with E-state index in [-0.39, 0.29) is 18.0 Å². The highest BCUT2D eigenvalue weighted by molar-refractivity contribution is 7.89. The molecule has 1 unspecified atom stereocenters. The molecule has 3 amide bonds. The topological polar surface area (TPSA) is 126 Å². The van der Waals surface area contributed by atoms with Crippen LogP contribution >= 0.6 is 0 Å². The van der Waals surface area contributed by atoms with Crippen molar-refractivity contribution < 1.29 is 18.0 Å². The molecule has 2 rings (SSSR count). The number of imide groups is 1. The summed E-state index contributed by atoms with van der Waals surface area (Å²) in [6.45, 7) is 2.92. The Morgan fingerprint density at radius 3 is 2.48 bits per heavy atom. The predicted octanol–water partition coefficient (Wildman–Crippen LogP) is -1.03. The number of nitrogens with zero attached hydrogens (tertiary/aromatic N) is 3. The summed E-state index contributed by atoms with van der Waals surface area (Å²) in [6.07, 6.45) is 2.82. The summed E-state index contributed by atoms with van der Waals surface area (Å²) in [4.78, 5) is 28.2. The third-order valence-corrected chi connectivity index (χ3v) is 5.60. The van der Waals surface area contributed by atoms with Crippen molar-refractivity contribution >= 4 is 22.0 Å². The van der Waals surface area contributed by atoms with Gasteiger partial charge in [0.25, 0.3) is 0 Å². The van der Waals surface area contributed by atoms with E-state index in [0.29, 0.717) is 13.1 Å². The predicted molar refractivity (Wildman–Crippen MR) is 81.8 cm³/mol. The summed E-state index contributed by atoms with van der Waals surface area (Å²) in [6, 6.07) is 1.60. The number of pyridine rings is 1. The van der Waals surface area contributed by atoms with Crippen molar-refractivity contribution in [1.29, 1.82) is 0 Å². The number of primary amides is 1. The fourth-order valence-corrected chi connectivity index (χ4v) is 3.76. The fraction of sp³-hybridized carbons (Fsp3) is 0.462. The molecular weight excluding hydrogens is 322 g/mol. The molecule has 1 aliphatic rings. The van der Waals surface area contributed by atoms with Gasteiger partial charge in [0, 0.05) is 38.6 Å². The second-order valence-corrected chi connectivity index (χ2v) is 7.10. The van der Waals surface area contributed by atoms with Gasteiger partial charge < -0.3 is 5.73 Å². The summed E-state index contributed by atoms with van der Waals surface area (Å²) < 4.78 is 26.3. The van der Waals surface area contributed by atoms with Gasteiger partial charge in [0.05, 0.1) is 6.04 Å². The van der Waals surface area contributed by atoms with Crippen LogP contribution in [-0.4, -0.2) is 66.8 Å². The summed E-state index contributed by atoms with van der Waals surface area (Å²) in [7, 11) is -3.58. The van der Waals surface area contributed by atoms with Crippen LogP contribution in [0.3, 0.4) is 0 Å². The number of carbonyl (C=O) groups is 2. The van der Waals surface area contributed by atoms with Gasteiger partial charge in [-0.1, -0.05) is 0 Å². The minimum atomic E-state index is -3.58. The second kappa shape index (κ2) is 7.02. The van der Waals surface area contributed by atoms with Gasteiger partial charge >= 0.3 is 6.03 Å². The molecule has 1 aromatic rings. The first-order chi connectivity index (χ1) is 10.8. The Morgan fingerprint density at radius 2 is 1.96 bits per heavy atom. The first-order valence-corrected chi connectivity index (χ1v) is 8.51. The van der Waals surface area contributed by atoms with E-state index in [9.17, 15) is 18.0 Å². The zero-order valence-corrected chi connectivity index (χ0v) is 13.5. The average Bonchev–Trinajstić information content (AvgIpc) is 2.54. The normalized spacial score (nSPS) is 18.3. The summed E-state index contributed by atoms with van der Waals surface area (Å²) in [5.74, 6) is -0.499. The van der Waals surface area contributed by atoms with Crippen LogP contribution in [0.1, 0.15) is 6.92 Å². The Balaban J connectivity index is 1.99. The van der Waals surface area contributed by atoms with Crippen LogP contribution < -0.4 is 11.1 Å². The van der Waals surface area contributed by atoms with Gasteiger partial charge in [0.15, 0.2) is 0 Å². The molecule has 0 bridgehead atoms. The molecule has 10 heteroatoms. The molecule has 0 aromatic carbocycles. The molecule has 2 heterocycles. The number of sulfonamides is 1. The van der Waals surface area contributed by atoms with E-state index in [1.54, 1.807) is 17.9 Å². The molecule has 0 spiro atoms. The van der Waals surface area contributed by atoms with E-state index in [1.165, 1.54) is 22.8 Å². The van der Waals surface area contributed by atoms with Gasteiger partial charge in [-0.05, 0) is 19.1 Å². The first-order valence-electron chi connectivity index (χ1n) is 7.07. The summed E-state index contributed by atoms with van der Waals surface area (Å²) in [5, 5.41) is 2.03. The van der Waals surface area contributed by atoms with E-state index in [4.69, 9.17) is 5.73 Å². The number of nitrogens with two attached hydrogens (primary N) is 1. The van der Waals surface area contributed by atoms with Crippen LogP contribution in [0.5, 0.6) is 0 Å². The van der Waals surface area contributed by atoms with Gasteiger partial charge in [0.1, 0.15) is 4.90 Å². The number of piperazine rings is 1. The molecule has 1 aromatic heterocycles. The molecule has 3 N–H and O–H groups in total. The lowest BCUT2D eigenvalue weighted by Crippen LogP contribution is -2.55. The van der Waals surface area contributed by atoms with Gasteiger partial charge in [-0.3, -0.25) is 20.0 Å². The fourth-order valence-electron chi connectivity index (χ4n) is 2.37. The van der Waals surface area contributed by atoms with Gasteiger partial charge in [-0.15, -0.1) is 0 Å². The molecule has 0 saturated carbocycles. The number of hydrogen-bond acceptors (Lipinski definition) is 6. The lowest BCUT2D eigenvalue weighted by Gasteiger charge is -2.36. The van der Waals surface area contributed by atoms with Crippen LogP contribution in [0.4, 0.5) is 4.79 Å². The molecule has 23 heavy (non-hydrogen) atoms. The Hall–Kier alpha value is -2.04. The summed E-state index contributed by atoms with van der Waals surface area (Å²) in [5.41, 5.74) is 4.92. The Bertz CT molecular complexity index is 671.